The fourth-order valence-corrected chi connectivity index (χ4v) is 4.47. The number of nitrogens with zero attached hydrogens (tertiary/aromatic N) is 4. The minimum atomic E-state index is -2.57. The van der Waals surface area contributed by atoms with Crippen LogP contribution in [0.25, 0.3) is 0 Å². The van der Waals surface area contributed by atoms with Crippen molar-refractivity contribution in [1.82, 2.24) is 19.8 Å². The van der Waals surface area contributed by atoms with Crippen LogP contribution in [0.2, 0.25) is 5.28 Å². The van der Waals surface area contributed by atoms with Crippen LogP contribution in [0.15, 0.2) is 30.3 Å². The van der Waals surface area contributed by atoms with E-state index in [0.717, 1.165) is 19.5 Å². The smallest absolute Gasteiger partial charge is 0.272 e. The lowest BCUT2D eigenvalue weighted by atomic mass is 9.94. The number of nitrogens with one attached hydrogen (secondary N) is 1. The molecule has 10 heteroatoms. The lowest BCUT2D eigenvalue weighted by Crippen LogP contribution is -2.56. The quantitative estimate of drug-likeness (QED) is 0.680. The largest absolute Gasteiger partial charge is 0.390 e. The highest BCUT2D eigenvalue weighted by Crippen LogP contribution is 2.26. The van der Waals surface area contributed by atoms with Gasteiger partial charge in [-0.15, -0.1) is 0 Å². The number of aromatic nitrogens is 2. The molecule has 0 radical (unpaired) electrons. The molecule has 166 valence electrons. The standard InChI is InChI=1S/C21H24ClF2N5O2/c22-21-26-15(9-19(27-21)25-10-18(23)24)20(31)29-8-6-16(17(30)12-29)28-7-5-13-3-1-2-4-14(13)11-28/h1-4,9,16-18,30H,5-8,10-12H2,(H,25,26,27). The molecule has 2 N–H and O–H groups in total. The Kier molecular flexibility index (Phi) is 6.64. The van der Waals surface area contributed by atoms with E-state index < -0.39 is 25.0 Å². The molecular weight excluding hydrogens is 428 g/mol. The van der Waals surface area contributed by atoms with Gasteiger partial charge in [0.05, 0.1) is 12.6 Å². The van der Waals surface area contributed by atoms with Gasteiger partial charge in [0.1, 0.15) is 11.5 Å². The van der Waals surface area contributed by atoms with E-state index in [0.29, 0.717) is 13.0 Å². The van der Waals surface area contributed by atoms with E-state index in [-0.39, 0.29) is 29.4 Å². The van der Waals surface area contributed by atoms with E-state index in [4.69, 9.17) is 11.6 Å². The van der Waals surface area contributed by atoms with Gasteiger partial charge in [-0.3, -0.25) is 9.69 Å². The number of amides is 1. The lowest BCUT2D eigenvalue weighted by Gasteiger charge is -2.43. The topological polar surface area (TPSA) is 81.6 Å². The van der Waals surface area contributed by atoms with Crippen LogP contribution in [0.3, 0.4) is 0 Å². The summed E-state index contributed by atoms with van der Waals surface area (Å²) in [4.78, 5) is 24.5. The van der Waals surface area contributed by atoms with E-state index in [1.807, 2.05) is 12.1 Å². The Morgan fingerprint density at radius 1 is 1.26 bits per heavy atom. The molecular formula is C21H24ClF2N5O2. The van der Waals surface area contributed by atoms with Crippen molar-refractivity contribution in [2.24, 2.45) is 0 Å². The number of aliphatic hydroxyl groups is 1. The van der Waals surface area contributed by atoms with Crippen molar-refractivity contribution < 1.29 is 18.7 Å². The summed E-state index contributed by atoms with van der Waals surface area (Å²) in [5, 5.41) is 13.0. The molecule has 2 unspecified atom stereocenters. The minimum absolute atomic E-state index is 0.00863. The Morgan fingerprint density at radius 3 is 2.77 bits per heavy atom. The zero-order valence-corrected chi connectivity index (χ0v) is 17.6. The molecule has 7 nitrogen and oxygen atoms in total. The second-order valence-electron chi connectivity index (χ2n) is 7.84. The predicted molar refractivity (Wildman–Crippen MR) is 112 cm³/mol. The molecule has 1 fully saturated rings. The molecule has 3 heterocycles. The van der Waals surface area contributed by atoms with Crippen LogP contribution in [-0.4, -0.2) is 75.5 Å². The van der Waals surface area contributed by atoms with Gasteiger partial charge in [0.15, 0.2) is 0 Å². The van der Waals surface area contributed by atoms with Crippen LogP contribution in [0, 0.1) is 0 Å². The summed E-state index contributed by atoms with van der Waals surface area (Å²) in [6.45, 7) is 1.67. The molecule has 1 aromatic heterocycles. The minimum Gasteiger partial charge on any atom is -0.390 e. The summed E-state index contributed by atoms with van der Waals surface area (Å²) in [6.07, 6.45) is -1.69. The van der Waals surface area contributed by atoms with Crippen LogP contribution in [0.4, 0.5) is 14.6 Å². The molecule has 1 aromatic carbocycles. The number of carbonyl (C=O) groups excluding carboxylic acids is 1. The Hall–Kier alpha value is -2.36. The molecule has 2 atom stereocenters. The average molecular weight is 452 g/mol. The molecule has 0 aliphatic carbocycles. The van der Waals surface area contributed by atoms with E-state index in [2.05, 4.69) is 32.3 Å². The number of anilines is 1. The van der Waals surface area contributed by atoms with Crippen molar-refractivity contribution in [1.29, 1.82) is 0 Å². The Labute approximate surface area is 184 Å². The van der Waals surface area contributed by atoms with Crippen molar-refractivity contribution in [3.63, 3.8) is 0 Å². The zero-order chi connectivity index (χ0) is 22.0. The van der Waals surface area contributed by atoms with Gasteiger partial charge in [-0.25, -0.2) is 18.7 Å². The second-order valence-corrected chi connectivity index (χ2v) is 8.18. The number of hydrogen-bond donors (Lipinski definition) is 2. The maximum absolute atomic E-state index is 12.9. The van der Waals surface area contributed by atoms with Gasteiger partial charge in [-0.1, -0.05) is 24.3 Å². The first kappa shape index (κ1) is 21.9. The van der Waals surface area contributed by atoms with Crippen LogP contribution in [0.5, 0.6) is 0 Å². The third-order valence-corrected chi connectivity index (χ3v) is 5.99. The van der Waals surface area contributed by atoms with E-state index in [1.165, 1.54) is 22.1 Å². The van der Waals surface area contributed by atoms with Gasteiger partial charge < -0.3 is 15.3 Å². The number of likely N-dealkylation sites (tertiary alicyclic amines) is 1. The number of hydrogen-bond acceptors (Lipinski definition) is 6. The molecule has 31 heavy (non-hydrogen) atoms. The van der Waals surface area contributed by atoms with Crippen LogP contribution in [-0.2, 0) is 13.0 Å². The number of β-amino-alcohol motifs (C(OH)–C–C–N with tert-alkyl or cyclic N) is 1. The number of piperidine rings is 1. The number of benzene rings is 1. The average Bonchev–Trinajstić information content (AvgIpc) is 2.76. The number of carbonyl (C=O) groups is 1. The van der Waals surface area contributed by atoms with Gasteiger partial charge in [-0.05, 0) is 35.6 Å². The highest BCUT2D eigenvalue weighted by molar-refractivity contribution is 6.28. The monoisotopic (exact) mass is 451 g/mol. The van der Waals surface area contributed by atoms with Crippen molar-refractivity contribution in [3.8, 4) is 0 Å². The van der Waals surface area contributed by atoms with Crippen molar-refractivity contribution in [2.45, 2.75) is 38.0 Å². The van der Waals surface area contributed by atoms with Crippen molar-refractivity contribution in [2.75, 3.05) is 31.5 Å². The SMILES string of the molecule is O=C(c1cc(NCC(F)F)nc(Cl)n1)N1CCC(N2CCc3ccccc3C2)C(O)C1. The summed E-state index contributed by atoms with van der Waals surface area (Å²) in [5.74, 6) is -0.350. The molecule has 0 saturated carbocycles. The van der Waals surface area contributed by atoms with Crippen LogP contribution >= 0.6 is 11.6 Å². The molecule has 0 spiro atoms. The van der Waals surface area contributed by atoms with Crippen LogP contribution in [0.1, 0.15) is 28.0 Å². The number of fused-ring (bicyclic) bond motifs is 1. The Bertz CT molecular complexity index is 948. The highest BCUT2D eigenvalue weighted by atomic mass is 35.5. The Balaban J connectivity index is 1.40. The van der Waals surface area contributed by atoms with Gasteiger partial charge in [0, 0.05) is 38.3 Å². The van der Waals surface area contributed by atoms with Crippen molar-refractivity contribution >= 4 is 23.3 Å². The number of halogens is 3. The number of rotatable bonds is 5. The maximum Gasteiger partial charge on any atom is 0.272 e. The first-order chi connectivity index (χ1) is 14.9. The molecule has 1 saturated heterocycles. The normalized spacial score (nSPS) is 21.8. The molecule has 4 rings (SSSR count). The van der Waals surface area contributed by atoms with Gasteiger partial charge in [0.2, 0.25) is 5.28 Å². The predicted octanol–water partition coefficient (Wildman–Crippen LogP) is 2.44. The summed E-state index contributed by atoms with van der Waals surface area (Å²) in [5.41, 5.74) is 2.63. The summed E-state index contributed by atoms with van der Waals surface area (Å²) < 4.78 is 24.9. The number of alkyl halides is 2. The number of aliphatic hydroxyl groups excluding tert-OH is 1. The van der Waals surface area contributed by atoms with Gasteiger partial charge >= 0.3 is 0 Å². The molecule has 2 aliphatic rings. The Morgan fingerprint density at radius 2 is 2.03 bits per heavy atom. The summed E-state index contributed by atoms with van der Waals surface area (Å²) in [6, 6.07) is 9.59. The van der Waals surface area contributed by atoms with Gasteiger partial charge in [-0.2, -0.15) is 0 Å². The maximum atomic E-state index is 12.9. The molecule has 1 amide bonds. The zero-order valence-electron chi connectivity index (χ0n) is 16.8. The fraction of sp³-hybridized carbons (Fsp3) is 0.476. The van der Waals surface area contributed by atoms with Crippen LogP contribution < -0.4 is 5.32 Å². The third-order valence-electron chi connectivity index (χ3n) is 5.82. The fourth-order valence-electron chi connectivity index (χ4n) is 4.29. The highest BCUT2D eigenvalue weighted by Gasteiger charge is 2.35. The van der Waals surface area contributed by atoms with Crippen molar-refractivity contribution in [3.05, 3.63) is 52.4 Å². The third kappa shape index (κ3) is 5.11. The molecule has 0 bridgehead atoms. The summed E-state index contributed by atoms with van der Waals surface area (Å²) >= 11 is 5.87. The lowest BCUT2D eigenvalue weighted by molar-refractivity contribution is -0.0139. The molecule has 2 aromatic rings. The first-order valence-corrected chi connectivity index (χ1v) is 10.6. The van der Waals surface area contributed by atoms with E-state index >= 15 is 0 Å². The van der Waals surface area contributed by atoms with E-state index in [9.17, 15) is 18.7 Å². The molecule has 2 aliphatic heterocycles. The first-order valence-electron chi connectivity index (χ1n) is 10.3. The summed E-state index contributed by atoms with van der Waals surface area (Å²) in [7, 11) is 0. The second kappa shape index (κ2) is 9.42. The van der Waals surface area contributed by atoms with E-state index in [1.54, 1.807) is 0 Å². The van der Waals surface area contributed by atoms with Gasteiger partial charge in [0.25, 0.3) is 12.3 Å².